The molecule has 22 heavy (non-hydrogen) atoms. The molecule has 0 spiro atoms. The molecule has 1 rings (SSSR count). The van der Waals surface area contributed by atoms with Crippen molar-refractivity contribution in [1.82, 2.24) is 5.32 Å². The summed E-state index contributed by atoms with van der Waals surface area (Å²) < 4.78 is 4.75. The molecular formula is C17H22N2O3. The monoisotopic (exact) mass is 302 g/mol. The summed E-state index contributed by atoms with van der Waals surface area (Å²) in [6, 6.07) is 4.19. The Hall–Kier alpha value is -2.48. The zero-order chi connectivity index (χ0) is 16.7. The molecule has 1 aromatic rings. The summed E-state index contributed by atoms with van der Waals surface area (Å²) in [5.74, 6) is 5.01. The van der Waals surface area contributed by atoms with E-state index >= 15 is 0 Å². The maximum absolute atomic E-state index is 12.4. The lowest BCUT2D eigenvalue weighted by molar-refractivity contribution is -0.143. The van der Waals surface area contributed by atoms with Crippen molar-refractivity contribution in [2.24, 2.45) is 5.92 Å². The van der Waals surface area contributed by atoms with E-state index in [1.165, 1.54) is 7.11 Å². The van der Waals surface area contributed by atoms with Gasteiger partial charge in [-0.2, -0.15) is 0 Å². The lowest BCUT2D eigenvalue weighted by Crippen LogP contribution is -2.42. The second-order valence-corrected chi connectivity index (χ2v) is 5.36. The number of benzene rings is 1. The van der Waals surface area contributed by atoms with Crippen LogP contribution in [0.1, 0.15) is 43.1 Å². The Bertz CT molecular complexity index is 612. The topological polar surface area (TPSA) is 81.4 Å². The Balaban J connectivity index is 3.03. The molecule has 0 aromatic heterocycles. The molecule has 5 heteroatoms. The van der Waals surface area contributed by atoms with E-state index in [4.69, 9.17) is 10.5 Å². The molecule has 0 aliphatic carbocycles. The summed E-state index contributed by atoms with van der Waals surface area (Å²) in [6.07, 6.45) is 0.502. The van der Waals surface area contributed by atoms with Crippen LogP contribution in [0.2, 0.25) is 0 Å². The molecule has 5 nitrogen and oxygen atoms in total. The number of ether oxygens (including phenoxy) is 1. The van der Waals surface area contributed by atoms with Gasteiger partial charge in [-0.1, -0.05) is 19.8 Å². The van der Waals surface area contributed by atoms with E-state index in [0.717, 1.165) is 0 Å². The van der Waals surface area contributed by atoms with Gasteiger partial charge in [0, 0.05) is 11.3 Å². The van der Waals surface area contributed by atoms with Crippen molar-refractivity contribution in [1.29, 1.82) is 0 Å². The Morgan fingerprint density at radius 3 is 2.59 bits per heavy atom. The number of rotatable bonds is 5. The zero-order valence-corrected chi connectivity index (χ0v) is 13.4. The van der Waals surface area contributed by atoms with E-state index in [9.17, 15) is 9.59 Å². The van der Waals surface area contributed by atoms with Gasteiger partial charge in [-0.15, -0.1) is 5.92 Å². The van der Waals surface area contributed by atoms with Crippen LogP contribution in [0, 0.1) is 17.8 Å². The van der Waals surface area contributed by atoms with Gasteiger partial charge in [-0.05, 0) is 37.5 Å². The molecule has 118 valence electrons. The number of methoxy groups -OCH3 is 1. The molecule has 0 bridgehead atoms. The van der Waals surface area contributed by atoms with Crippen LogP contribution in [0.15, 0.2) is 18.2 Å². The molecule has 1 atom stereocenters. The first-order chi connectivity index (χ1) is 10.4. The summed E-state index contributed by atoms with van der Waals surface area (Å²) in [5, 5.41) is 2.71. The number of carbonyl (C=O) groups excluding carboxylic acids is 2. The normalized spacial score (nSPS) is 11.3. The van der Waals surface area contributed by atoms with Gasteiger partial charge in [0.2, 0.25) is 0 Å². The summed E-state index contributed by atoms with van der Waals surface area (Å²) in [4.78, 5) is 24.2. The van der Waals surface area contributed by atoms with Gasteiger partial charge < -0.3 is 15.8 Å². The van der Waals surface area contributed by atoms with Gasteiger partial charge in [0.15, 0.2) is 0 Å². The van der Waals surface area contributed by atoms with Gasteiger partial charge in [0.1, 0.15) is 6.04 Å². The van der Waals surface area contributed by atoms with E-state index in [2.05, 4.69) is 17.2 Å². The summed E-state index contributed by atoms with van der Waals surface area (Å²) >= 11 is 0. The number of anilines is 1. The largest absolute Gasteiger partial charge is 0.467 e. The van der Waals surface area contributed by atoms with Gasteiger partial charge >= 0.3 is 5.97 Å². The van der Waals surface area contributed by atoms with Gasteiger partial charge in [0.25, 0.3) is 5.91 Å². The molecule has 3 N–H and O–H groups in total. The van der Waals surface area contributed by atoms with Crippen LogP contribution in [-0.2, 0) is 9.53 Å². The quantitative estimate of drug-likeness (QED) is 0.495. The summed E-state index contributed by atoms with van der Waals surface area (Å²) in [7, 11) is 1.30. The highest BCUT2D eigenvalue weighted by molar-refractivity contribution is 5.99. The molecule has 1 aromatic carbocycles. The number of amides is 1. The minimum Gasteiger partial charge on any atom is -0.467 e. The lowest BCUT2D eigenvalue weighted by Gasteiger charge is -2.18. The number of hydrogen-bond acceptors (Lipinski definition) is 4. The lowest BCUT2D eigenvalue weighted by atomic mass is 10.0. The Kier molecular flexibility index (Phi) is 6.46. The Morgan fingerprint density at radius 2 is 2.05 bits per heavy atom. The molecule has 0 aliphatic rings. The van der Waals surface area contributed by atoms with Crippen LogP contribution >= 0.6 is 0 Å². The number of nitrogens with two attached hydrogens (primary N) is 1. The Morgan fingerprint density at radius 1 is 1.36 bits per heavy atom. The highest BCUT2D eigenvalue weighted by Crippen LogP contribution is 2.14. The first kappa shape index (κ1) is 17.6. The average Bonchev–Trinajstić information content (AvgIpc) is 2.45. The van der Waals surface area contributed by atoms with Crippen molar-refractivity contribution in [2.45, 2.75) is 33.2 Å². The number of nitrogen functional groups attached to an aromatic ring is 1. The fourth-order valence-corrected chi connectivity index (χ4v) is 2.06. The number of carbonyl (C=O) groups is 2. The Labute approximate surface area is 131 Å². The third-order valence-corrected chi connectivity index (χ3v) is 3.05. The number of nitrogens with one attached hydrogen (secondary N) is 1. The molecular weight excluding hydrogens is 280 g/mol. The second kappa shape index (κ2) is 8.08. The first-order valence-electron chi connectivity index (χ1n) is 7.10. The fourth-order valence-electron chi connectivity index (χ4n) is 2.06. The summed E-state index contributed by atoms with van der Waals surface area (Å²) in [5.41, 5.74) is 7.18. The molecule has 0 aliphatic heterocycles. The van der Waals surface area contributed by atoms with Crippen LogP contribution in [0.3, 0.4) is 0 Å². The minimum absolute atomic E-state index is 0.241. The van der Waals surface area contributed by atoms with Gasteiger partial charge in [-0.3, -0.25) is 4.79 Å². The van der Waals surface area contributed by atoms with Gasteiger partial charge in [-0.25, -0.2) is 4.79 Å². The van der Waals surface area contributed by atoms with E-state index in [1.807, 2.05) is 13.8 Å². The first-order valence-corrected chi connectivity index (χ1v) is 7.10. The molecule has 0 heterocycles. The van der Waals surface area contributed by atoms with Crippen molar-refractivity contribution < 1.29 is 14.3 Å². The van der Waals surface area contributed by atoms with Crippen molar-refractivity contribution in [3.8, 4) is 11.8 Å². The summed E-state index contributed by atoms with van der Waals surface area (Å²) in [6.45, 7) is 5.62. The smallest absolute Gasteiger partial charge is 0.328 e. The highest BCUT2D eigenvalue weighted by Gasteiger charge is 2.24. The van der Waals surface area contributed by atoms with E-state index in [-0.39, 0.29) is 11.8 Å². The van der Waals surface area contributed by atoms with Crippen molar-refractivity contribution in [2.75, 3.05) is 12.8 Å². The van der Waals surface area contributed by atoms with Crippen molar-refractivity contribution >= 4 is 17.6 Å². The third kappa shape index (κ3) is 4.81. The van der Waals surface area contributed by atoms with Crippen LogP contribution in [-0.4, -0.2) is 25.0 Å². The van der Waals surface area contributed by atoms with E-state index in [1.54, 1.807) is 25.1 Å². The molecule has 0 fully saturated rings. The molecule has 1 amide bonds. The molecule has 0 saturated carbocycles. The van der Waals surface area contributed by atoms with Crippen LogP contribution < -0.4 is 11.1 Å². The zero-order valence-electron chi connectivity index (χ0n) is 13.4. The van der Waals surface area contributed by atoms with Crippen molar-refractivity contribution in [3.05, 3.63) is 29.3 Å². The average molecular weight is 302 g/mol. The fraction of sp³-hybridized carbons (Fsp3) is 0.412. The van der Waals surface area contributed by atoms with Crippen LogP contribution in [0.5, 0.6) is 0 Å². The SMILES string of the molecule is CC#Cc1cc(N)ccc1C(=O)N[C@@H](CC(C)C)C(=O)OC. The van der Waals surface area contributed by atoms with Crippen LogP contribution in [0.25, 0.3) is 0 Å². The minimum atomic E-state index is -0.683. The van der Waals surface area contributed by atoms with Crippen LogP contribution in [0.4, 0.5) is 5.69 Å². The van der Waals surface area contributed by atoms with Crippen molar-refractivity contribution in [3.63, 3.8) is 0 Å². The van der Waals surface area contributed by atoms with E-state index in [0.29, 0.717) is 23.2 Å². The third-order valence-electron chi connectivity index (χ3n) is 3.05. The predicted octanol–water partition coefficient (Wildman–Crippen LogP) is 1.96. The van der Waals surface area contributed by atoms with Gasteiger partial charge in [0.05, 0.1) is 12.7 Å². The molecule has 0 radical (unpaired) electrons. The standard InChI is InChI=1S/C17H22N2O3/c1-5-6-12-10-13(18)7-8-14(12)16(20)19-15(9-11(2)3)17(21)22-4/h7-8,10-11,15H,9,18H2,1-4H3,(H,19,20)/t15-/m0/s1. The number of hydrogen-bond donors (Lipinski definition) is 2. The predicted molar refractivity (Wildman–Crippen MR) is 86.1 cm³/mol. The maximum atomic E-state index is 12.4. The highest BCUT2D eigenvalue weighted by atomic mass is 16.5. The molecule has 0 unspecified atom stereocenters. The number of esters is 1. The second-order valence-electron chi connectivity index (χ2n) is 5.36. The van der Waals surface area contributed by atoms with E-state index < -0.39 is 12.0 Å². The molecule has 0 saturated heterocycles. The maximum Gasteiger partial charge on any atom is 0.328 e.